The van der Waals surface area contributed by atoms with Crippen LogP contribution in [0.1, 0.15) is 11.3 Å². The fourth-order valence-electron chi connectivity index (χ4n) is 2.98. The topological polar surface area (TPSA) is 76.9 Å². The molecule has 152 valence electrons. The lowest BCUT2D eigenvalue weighted by atomic mass is 10.2. The van der Waals surface area contributed by atoms with Crippen LogP contribution in [-0.2, 0) is 0 Å². The average Bonchev–Trinajstić information content (AvgIpc) is 3.04. The number of nitrogens with zero attached hydrogens (tertiary/aromatic N) is 4. The van der Waals surface area contributed by atoms with Gasteiger partial charge in [-0.05, 0) is 44.2 Å². The third-order valence-corrected chi connectivity index (χ3v) is 4.67. The summed E-state index contributed by atoms with van der Waals surface area (Å²) in [6.07, 6.45) is 1.64. The van der Waals surface area contributed by atoms with Crippen LogP contribution in [0, 0.1) is 19.7 Å². The van der Waals surface area contributed by atoms with E-state index in [1.165, 1.54) is 13.2 Å². The van der Waals surface area contributed by atoms with Gasteiger partial charge in [0.15, 0.2) is 11.6 Å². The number of aryl methyl sites for hydroxylation is 1. The smallest absolute Gasteiger partial charge is 0.229 e. The van der Waals surface area contributed by atoms with Crippen molar-refractivity contribution in [3.63, 3.8) is 0 Å². The van der Waals surface area contributed by atoms with E-state index in [1.54, 1.807) is 24.4 Å². The SMILES string of the molecule is COc1cc(Nc2nccc(Nc3c(C)c(C)nn3-c3ccccc3)n2)ccc1F. The second-order valence-corrected chi connectivity index (χ2v) is 6.67. The first-order valence-electron chi connectivity index (χ1n) is 9.37. The zero-order valence-electron chi connectivity index (χ0n) is 16.8. The maximum Gasteiger partial charge on any atom is 0.229 e. The lowest BCUT2D eigenvalue weighted by Gasteiger charge is -2.12. The molecule has 0 spiro atoms. The van der Waals surface area contributed by atoms with Crippen LogP contribution in [0.15, 0.2) is 60.8 Å². The quantitative estimate of drug-likeness (QED) is 0.475. The number of ether oxygens (including phenoxy) is 1. The lowest BCUT2D eigenvalue weighted by molar-refractivity contribution is 0.387. The van der Waals surface area contributed by atoms with E-state index in [-0.39, 0.29) is 5.75 Å². The number of nitrogens with one attached hydrogen (secondary N) is 2. The Morgan fingerprint density at radius 3 is 2.57 bits per heavy atom. The number of benzene rings is 2. The van der Waals surface area contributed by atoms with Crippen LogP contribution in [0.2, 0.25) is 0 Å². The van der Waals surface area contributed by atoms with Crippen molar-refractivity contribution in [1.82, 2.24) is 19.7 Å². The van der Waals surface area contributed by atoms with Gasteiger partial charge < -0.3 is 15.4 Å². The molecule has 0 aliphatic heterocycles. The third-order valence-electron chi connectivity index (χ3n) is 4.67. The fourth-order valence-corrected chi connectivity index (χ4v) is 2.98. The minimum atomic E-state index is -0.431. The molecular weight excluding hydrogens is 383 g/mol. The van der Waals surface area contributed by atoms with Gasteiger partial charge in [0, 0.05) is 23.5 Å². The molecule has 2 heterocycles. The van der Waals surface area contributed by atoms with E-state index in [9.17, 15) is 4.39 Å². The van der Waals surface area contributed by atoms with Crippen molar-refractivity contribution in [3.05, 3.63) is 77.9 Å². The average molecular weight is 404 g/mol. The molecule has 2 aromatic heterocycles. The van der Waals surface area contributed by atoms with Crippen LogP contribution >= 0.6 is 0 Å². The maximum absolute atomic E-state index is 13.6. The van der Waals surface area contributed by atoms with Crippen molar-refractivity contribution in [1.29, 1.82) is 0 Å². The van der Waals surface area contributed by atoms with Gasteiger partial charge in [-0.2, -0.15) is 10.1 Å². The van der Waals surface area contributed by atoms with Gasteiger partial charge in [0.1, 0.15) is 11.6 Å². The predicted molar refractivity (Wildman–Crippen MR) is 115 cm³/mol. The molecule has 0 aliphatic carbocycles. The highest BCUT2D eigenvalue weighted by Gasteiger charge is 2.14. The summed E-state index contributed by atoms with van der Waals surface area (Å²) < 4.78 is 20.5. The van der Waals surface area contributed by atoms with E-state index in [4.69, 9.17) is 4.74 Å². The molecule has 0 radical (unpaired) electrons. The van der Waals surface area contributed by atoms with Crippen LogP contribution in [0.5, 0.6) is 5.75 Å². The Balaban J connectivity index is 1.62. The lowest BCUT2D eigenvalue weighted by Crippen LogP contribution is -2.06. The standard InChI is InChI=1S/C22H21FN6O/c1-14-15(2)28-29(17-7-5-4-6-8-17)21(14)26-20-11-12-24-22(27-20)25-16-9-10-18(23)19(13-16)30-3/h4-13H,1-3H3,(H2,24,25,26,27). The number of para-hydroxylation sites is 1. The molecule has 0 aliphatic rings. The van der Waals surface area contributed by atoms with E-state index in [0.717, 1.165) is 22.8 Å². The second-order valence-electron chi connectivity index (χ2n) is 6.67. The monoisotopic (exact) mass is 404 g/mol. The van der Waals surface area contributed by atoms with Gasteiger partial charge >= 0.3 is 0 Å². The van der Waals surface area contributed by atoms with E-state index >= 15 is 0 Å². The summed E-state index contributed by atoms with van der Waals surface area (Å²) in [5, 5.41) is 11.0. The van der Waals surface area contributed by atoms with E-state index in [2.05, 4.69) is 25.7 Å². The van der Waals surface area contributed by atoms with Gasteiger partial charge in [0.25, 0.3) is 0 Å². The molecule has 2 N–H and O–H groups in total. The summed E-state index contributed by atoms with van der Waals surface area (Å²) in [5.74, 6) is 1.51. The molecular formula is C22H21FN6O. The Kier molecular flexibility index (Phi) is 5.30. The van der Waals surface area contributed by atoms with Crippen molar-refractivity contribution >= 4 is 23.3 Å². The molecule has 4 rings (SSSR count). The van der Waals surface area contributed by atoms with Gasteiger partial charge in [-0.25, -0.2) is 14.1 Å². The molecule has 0 bridgehead atoms. The fraction of sp³-hybridized carbons (Fsp3) is 0.136. The maximum atomic E-state index is 13.6. The predicted octanol–water partition coefficient (Wildman–Crippen LogP) is 4.91. The summed E-state index contributed by atoms with van der Waals surface area (Å²) in [4.78, 5) is 8.76. The van der Waals surface area contributed by atoms with Crippen LogP contribution in [0.25, 0.3) is 5.69 Å². The Labute approximate surface area is 173 Å². The van der Waals surface area contributed by atoms with E-state index in [1.807, 2.05) is 48.9 Å². The van der Waals surface area contributed by atoms with Crippen molar-refractivity contribution in [2.75, 3.05) is 17.7 Å². The molecule has 7 nitrogen and oxygen atoms in total. The zero-order chi connectivity index (χ0) is 21.1. The van der Waals surface area contributed by atoms with Crippen molar-refractivity contribution < 1.29 is 9.13 Å². The number of aromatic nitrogens is 4. The highest BCUT2D eigenvalue weighted by atomic mass is 19.1. The van der Waals surface area contributed by atoms with Gasteiger partial charge in [-0.15, -0.1) is 0 Å². The summed E-state index contributed by atoms with van der Waals surface area (Å²) >= 11 is 0. The minimum Gasteiger partial charge on any atom is -0.494 e. The summed E-state index contributed by atoms with van der Waals surface area (Å²) in [6.45, 7) is 3.98. The first-order chi connectivity index (χ1) is 14.5. The number of halogens is 1. The van der Waals surface area contributed by atoms with Crippen molar-refractivity contribution in [2.24, 2.45) is 0 Å². The zero-order valence-corrected chi connectivity index (χ0v) is 16.8. The molecule has 2 aromatic carbocycles. The van der Waals surface area contributed by atoms with Gasteiger partial charge in [-0.1, -0.05) is 18.2 Å². The molecule has 0 atom stereocenters. The van der Waals surface area contributed by atoms with Crippen LogP contribution < -0.4 is 15.4 Å². The summed E-state index contributed by atoms with van der Waals surface area (Å²) in [5.41, 5.74) is 3.51. The molecule has 0 amide bonds. The van der Waals surface area contributed by atoms with Crippen LogP contribution in [0.3, 0.4) is 0 Å². The molecule has 0 unspecified atom stereocenters. The summed E-state index contributed by atoms with van der Waals surface area (Å²) in [6, 6.07) is 16.1. The highest BCUT2D eigenvalue weighted by molar-refractivity contribution is 5.62. The molecule has 0 fully saturated rings. The van der Waals surface area contributed by atoms with Crippen LogP contribution in [0.4, 0.5) is 27.7 Å². The number of anilines is 4. The highest BCUT2D eigenvalue weighted by Crippen LogP contribution is 2.27. The largest absolute Gasteiger partial charge is 0.494 e. The molecule has 0 saturated heterocycles. The normalized spacial score (nSPS) is 10.7. The Morgan fingerprint density at radius 2 is 1.80 bits per heavy atom. The molecule has 4 aromatic rings. The van der Waals surface area contributed by atoms with E-state index < -0.39 is 5.82 Å². The molecule has 30 heavy (non-hydrogen) atoms. The second kappa shape index (κ2) is 8.20. The third kappa shape index (κ3) is 3.93. The van der Waals surface area contributed by atoms with Crippen molar-refractivity contribution in [3.8, 4) is 11.4 Å². The first kappa shape index (κ1) is 19.4. The van der Waals surface area contributed by atoms with Gasteiger partial charge in [-0.3, -0.25) is 0 Å². The summed E-state index contributed by atoms with van der Waals surface area (Å²) in [7, 11) is 1.42. The number of methoxy groups -OCH3 is 1. The first-order valence-corrected chi connectivity index (χ1v) is 9.37. The Bertz CT molecular complexity index is 1180. The molecule has 8 heteroatoms. The number of rotatable bonds is 6. The van der Waals surface area contributed by atoms with Crippen LogP contribution in [-0.4, -0.2) is 26.9 Å². The van der Waals surface area contributed by atoms with Crippen molar-refractivity contribution in [2.45, 2.75) is 13.8 Å². The number of hydrogen-bond donors (Lipinski definition) is 2. The Hall–Kier alpha value is -3.94. The minimum absolute atomic E-state index is 0.146. The molecule has 0 saturated carbocycles. The Morgan fingerprint density at radius 1 is 1.00 bits per heavy atom. The van der Waals surface area contributed by atoms with E-state index in [0.29, 0.717) is 17.5 Å². The van der Waals surface area contributed by atoms with Gasteiger partial charge in [0.05, 0.1) is 18.5 Å². The number of hydrogen-bond acceptors (Lipinski definition) is 6. The van der Waals surface area contributed by atoms with Gasteiger partial charge in [0.2, 0.25) is 5.95 Å².